The molecule has 0 aliphatic heterocycles. The van der Waals surface area contributed by atoms with Crippen molar-refractivity contribution < 1.29 is 9.21 Å². The van der Waals surface area contributed by atoms with E-state index in [0.29, 0.717) is 11.3 Å². The van der Waals surface area contributed by atoms with Gasteiger partial charge in [-0.15, -0.1) is 0 Å². The second-order valence-electron chi connectivity index (χ2n) is 5.12. The number of aryl methyl sites for hydroxylation is 1. The van der Waals surface area contributed by atoms with Crippen LogP contribution in [0.2, 0.25) is 0 Å². The summed E-state index contributed by atoms with van der Waals surface area (Å²) in [5, 5.41) is 3.91. The lowest BCUT2D eigenvalue weighted by Gasteiger charge is -2.02. The summed E-state index contributed by atoms with van der Waals surface area (Å²) in [4.78, 5) is 15.7. The molecule has 0 atom stereocenters. The van der Waals surface area contributed by atoms with Crippen LogP contribution in [0.3, 0.4) is 0 Å². The zero-order valence-corrected chi connectivity index (χ0v) is 14.4. The maximum atomic E-state index is 11.8. The van der Waals surface area contributed by atoms with Crippen molar-refractivity contribution in [2.75, 3.05) is 0 Å². The number of furan rings is 1. The van der Waals surface area contributed by atoms with Gasteiger partial charge in [0.15, 0.2) is 0 Å². The lowest BCUT2D eigenvalue weighted by atomic mass is 10.1. The summed E-state index contributed by atoms with van der Waals surface area (Å²) in [5.74, 6) is 0.970. The van der Waals surface area contributed by atoms with E-state index in [0.717, 1.165) is 21.4 Å². The quantitative estimate of drug-likeness (QED) is 0.542. The summed E-state index contributed by atoms with van der Waals surface area (Å²) >= 11 is 3.53. The lowest BCUT2D eigenvalue weighted by molar-refractivity contribution is 0.0955. The first kappa shape index (κ1) is 16.1. The Balaban J connectivity index is 1.69. The van der Waals surface area contributed by atoms with Crippen LogP contribution in [0.5, 0.6) is 0 Å². The molecule has 0 saturated carbocycles. The van der Waals surface area contributed by atoms with E-state index in [9.17, 15) is 4.79 Å². The van der Waals surface area contributed by atoms with Crippen molar-refractivity contribution in [1.82, 2.24) is 10.4 Å². The molecule has 2 heterocycles. The number of nitrogens with one attached hydrogen (secondary N) is 1. The number of amides is 1. The molecule has 1 amide bonds. The van der Waals surface area contributed by atoms with E-state index in [4.69, 9.17) is 4.42 Å². The molecular formula is C18H14BrN3O2. The minimum Gasteiger partial charge on any atom is -0.455 e. The van der Waals surface area contributed by atoms with Gasteiger partial charge < -0.3 is 4.42 Å². The average Bonchev–Trinajstić information content (AvgIpc) is 3.04. The van der Waals surface area contributed by atoms with Gasteiger partial charge in [-0.25, -0.2) is 5.43 Å². The number of pyridine rings is 1. The van der Waals surface area contributed by atoms with E-state index in [-0.39, 0.29) is 5.91 Å². The van der Waals surface area contributed by atoms with Crippen LogP contribution < -0.4 is 5.43 Å². The lowest BCUT2D eigenvalue weighted by Crippen LogP contribution is -2.17. The van der Waals surface area contributed by atoms with Gasteiger partial charge in [0.25, 0.3) is 5.91 Å². The third-order valence-corrected chi connectivity index (χ3v) is 3.97. The Hall–Kier alpha value is -2.73. The smallest absolute Gasteiger partial charge is 0.271 e. The van der Waals surface area contributed by atoms with Crippen LogP contribution in [-0.4, -0.2) is 17.1 Å². The molecule has 24 heavy (non-hydrogen) atoms. The summed E-state index contributed by atoms with van der Waals surface area (Å²) in [7, 11) is 0. The SMILES string of the molecule is Cc1ccc(-c2ccc(C=NNC(=O)c3ccncc3)o2)c(Br)c1. The van der Waals surface area contributed by atoms with Crippen molar-refractivity contribution in [3.05, 3.63) is 76.2 Å². The fourth-order valence-corrected chi connectivity index (χ4v) is 2.80. The van der Waals surface area contributed by atoms with Crippen LogP contribution >= 0.6 is 15.9 Å². The molecule has 2 aromatic heterocycles. The standard InChI is InChI=1S/C18H14BrN3O2/c1-12-2-4-15(16(19)10-12)17-5-3-14(24-17)11-21-22-18(23)13-6-8-20-9-7-13/h2-11H,1H3,(H,22,23). The number of hydrogen-bond acceptors (Lipinski definition) is 4. The van der Waals surface area contributed by atoms with E-state index >= 15 is 0 Å². The zero-order valence-electron chi connectivity index (χ0n) is 12.9. The number of rotatable bonds is 4. The Morgan fingerprint density at radius 3 is 2.75 bits per heavy atom. The summed E-state index contributed by atoms with van der Waals surface area (Å²) in [5.41, 5.74) is 5.06. The number of carbonyl (C=O) groups is 1. The zero-order chi connectivity index (χ0) is 16.9. The van der Waals surface area contributed by atoms with E-state index < -0.39 is 0 Å². The highest BCUT2D eigenvalue weighted by atomic mass is 79.9. The molecule has 0 aliphatic rings. The topological polar surface area (TPSA) is 67.5 Å². The Labute approximate surface area is 147 Å². The number of hydrazone groups is 1. The number of benzene rings is 1. The van der Waals surface area contributed by atoms with Gasteiger partial charge in [-0.1, -0.05) is 22.0 Å². The van der Waals surface area contributed by atoms with Crippen LogP contribution in [0.4, 0.5) is 0 Å². The van der Waals surface area contributed by atoms with Crippen LogP contribution in [0, 0.1) is 6.92 Å². The molecule has 0 aliphatic carbocycles. The number of carbonyl (C=O) groups excluding carboxylic acids is 1. The molecule has 0 radical (unpaired) electrons. The van der Waals surface area contributed by atoms with Gasteiger partial charge in [0.05, 0.1) is 6.21 Å². The Bertz CT molecular complexity index is 888. The summed E-state index contributed by atoms with van der Waals surface area (Å²) in [6.07, 6.45) is 4.57. The van der Waals surface area contributed by atoms with Gasteiger partial charge in [0.2, 0.25) is 0 Å². The van der Waals surface area contributed by atoms with Crippen molar-refractivity contribution in [2.45, 2.75) is 6.92 Å². The van der Waals surface area contributed by atoms with Crippen LogP contribution in [0.15, 0.2) is 68.8 Å². The van der Waals surface area contributed by atoms with Gasteiger partial charge in [-0.2, -0.15) is 5.10 Å². The highest BCUT2D eigenvalue weighted by Gasteiger charge is 2.08. The first-order valence-corrected chi connectivity index (χ1v) is 8.02. The molecule has 6 heteroatoms. The summed E-state index contributed by atoms with van der Waals surface area (Å²) in [6, 6.07) is 12.9. The van der Waals surface area contributed by atoms with Crippen molar-refractivity contribution in [1.29, 1.82) is 0 Å². The molecule has 0 bridgehead atoms. The van der Waals surface area contributed by atoms with Gasteiger partial charge in [-0.05, 0) is 48.9 Å². The molecule has 120 valence electrons. The minimum atomic E-state index is -0.304. The highest BCUT2D eigenvalue weighted by Crippen LogP contribution is 2.30. The Morgan fingerprint density at radius 2 is 2.00 bits per heavy atom. The van der Waals surface area contributed by atoms with Gasteiger partial charge in [0.1, 0.15) is 11.5 Å². The Morgan fingerprint density at radius 1 is 1.21 bits per heavy atom. The fourth-order valence-electron chi connectivity index (χ4n) is 2.11. The summed E-state index contributed by atoms with van der Waals surface area (Å²) < 4.78 is 6.70. The van der Waals surface area contributed by atoms with Crippen molar-refractivity contribution in [2.24, 2.45) is 5.10 Å². The monoisotopic (exact) mass is 383 g/mol. The minimum absolute atomic E-state index is 0.304. The molecule has 1 N–H and O–H groups in total. The number of nitrogens with zero attached hydrogens (tertiary/aromatic N) is 2. The maximum Gasteiger partial charge on any atom is 0.271 e. The molecule has 0 spiro atoms. The van der Waals surface area contributed by atoms with Crippen molar-refractivity contribution in [3.8, 4) is 11.3 Å². The molecule has 5 nitrogen and oxygen atoms in total. The van der Waals surface area contributed by atoms with Gasteiger partial charge in [-0.3, -0.25) is 9.78 Å². The molecule has 0 saturated heterocycles. The fraction of sp³-hybridized carbons (Fsp3) is 0.0556. The van der Waals surface area contributed by atoms with Gasteiger partial charge in [0, 0.05) is 28.0 Å². The first-order valence-electron chi connectivity index (χ1n) is 7.23. The average molecular weight is 384 g/mol. The third kappa shape index (κ3) is 3.78. The maximum absolute atomic E-state index is 11.8. The molecule has 3 rings (SSSR count). The first-order chi connectivity index (χ1) is 11.6. The predicted octanol–water partition coefficient (Wildman–Crippen LogP) is 4.18. The molecule has 1 aromatic carbocycles. The second-order valence-corrected chi connectivity index (χ2v) is 5.97. The van der Waals surface area contributed by atoms with Crippen LogP contribution in [-0.2, 0) is 0 Å². The highest BCUT2D eigenvalue weighted by molar-refractivity contribution is 9.10. The second kappa shape index (κ2) is 7.23. The Kier molecular flexibility index (Phi) is 4.86. The van der Waals surface area contributed by atoms with Crippen molar-refractivity contribution in [3.63, 3.8) is 0 Å². The normalized spacial score (nSPS) is 10.9. The largest absolute Gasteiger partial charge is 0.455 e. The number of aromatic nitrogens is 1. The van der Waals surface area contributed by atoms with Crippen LogP contribution in [0.1, 0.15) is 21.7 Å². The molecular weight excluding hydrogens is 370 g/mol. The summed E-state index contributed by atoms with van der Waals surface area (Å²) in [6.45, 7) is 2.03. The molecule has 0 fully saturated rings. The number of hydrogen-bond donors (Lipinski definition) is 1. The molecule has 0 unspecified atom stereocenters. The van der Waals surface area contributed by atoms with E-state index in [2.05, 4.69) is 31.4 Å². The van der Waals surface area contributed by atoms with Crippen LogP contribution in [0.25, 0.3) is 11.3 Å². The van der Waals surface area contributed by atoms with Gasteiger partial charge >= 0.3 is 0 Å². The third-order valence-electron chi connectivity index (χ3n) is 3.32. The number of halogens is 1. The van der Waals surface area contributed by atoms with Crippen molar-refractivity contribution >= 4 is 28.1 Å². The predicted molar refractivity (Wildman–Crippen MR) is 95.9 cm³/mol. The van der Waals surface area contributed by atoms with E-state index in [1.165, 1.54) is 6.21 Å². The van der Waals surface area contributed by atoms with E-state index in [1.54, 1.807) is 30.6 Å². The van der Waals surface area contributed by atoms with E-state index in [1.807, 2.05) is 31.2 Å². The molecule has 3 aromatic rings.